The van der Waals surface area contributed by atoms with Gasteiger partial charge in [-0.1, -0.05) is 36.4 Å². The summed E-state index contributed by atoms with van der Waals surface area (Å²) in [5.74, 6) is 0.849. The van der Waals surface area contributed by atoms with Gasteiger partial charge in [-0.05, 0) is 55.7 Å². The van der Waals surface area contributed by atoms with E-state index in [1.807, 2.05) is 62.4 Å². The lowest BCUT2D eigenvalue weighted by molar-refractivity contribution is -0.121. The molecule has 3 aromatic carbocycles. The van der Waals surface area contributed by atoms with Crippen LogP contribution >= 0.6 is 0 Å². The van der Waals surface area contributed by atoms with Crippen LogP contribution in [0.2, 0.25) is 0 Å². The molecule has 0 bridgehead atoms. The normalized spacial score (nSPS) is 15.8. The average molecular weight is 447 g/mol. The molecule has 1 unspecified atom stereocenters. The molecular formula is C27H30N2O4. The Labute approximate surface area is 194 Å². The van der Waals surface area contributed by atoms with Gasteiger partial charge in [0.25, 0.3) is 5.91 Å². The van der Waals surface area contributed by atoms with Crippen molar-refractivity contribution in [3.05, 3.63) is 66.2 Å². The highest BCUT2D eigenvalue weighted by Crippen LogP contribution is 2.31. The minimum absolute atomic E-state index is 0.0300. The molecule has 2 amide bonds. The molecule has 1 heterocycles. The van der Waals surface area contributed by atoms with Crippen molar-refractivity contribution in [3.63, 3.8) is 0 Å². The van der Waals surface area contributed by atoms with Crippen molar-refractivity contribution in [1.82, 2.24) is 4.90 Å². The van der Waals surface area contributed by atoms with Crippen LogP contribution in [0.5, 0.6) is 11.5 Å². The first-order chi connectivity index (χ1) is 16.1. The third-order valence-electron chi connectivity index (χ3n) is 5.92. The number of hydrogen-bond donors (Lipinski definition) is 1. The molecule has 1 fully saturated rings. The lowest BCUT2D eigenvalue weighted by atomic mass is 9.95. The predicted molar refractivity (Wildman–Crippen MR) is 130 cm³/mol. The van der Waals surface area contributed by atoms with Gasteiger partial charge >= 0.3 is 0 Å². The molecule has 1 aliphatic rings. The van der Waals surface area contributed by atoms with E-state index in [1.165, 1.54) is 0 Å². The monoisotopic (exact) mass is 446 g/mol. The zero-order chi connectivity index (χ0) is 23.2. The van der Waals surface area contributed by atoms with Crippen LogP contribution in [0.25, 0.3) is 10.8 Å². The van der Waals surface area contributed by atoms with Gasteiger partial charge in [-0.3, -0.25) is 9.59 Å². The van der Waals surface area contributed by atoms with E-state index in [4.69, 9.17) is 9.47 Å². The summed E-state index contributed by atoms with van der Waals surface area (Å²) >= 11 is 0. The minimum atomic E-state index is -0.289. The number of likely N-dealkylation sites (tertiary alicyclic amines) is 1. The number of anilines is 1. The Hall–Kier alpha value is -3.54. The van der Waals surface area contributed by atoms with E-state index < -0.39 is 0 Å². The number of nitrogens with one attached hydrogen (secondary N) is 1. The highest BCUT2D eigenvalue weighted by molar-refractivity contribution is 6.07. The number of rotatable bonds is 7. The van der Waals surface area contributed by atoms with Crippen LogP contribution in [-0.2, 0) is 4.79 Å². The van der Waals surface area contributed by atoms with Crippen LogP contribution in [0.4, 0.5) is 5.69 Å². The number of benzene rings is 3. The first kappa shape index (κ1) is 22.6. The number of fused-ring (bicyclic) bond motifs is 1. The fraction of sp³-hybridized carbons (Fsp3) is 0.333. The molecule has 1 saturated heterocycles. The first-order valence-corrected chi connectivity index (χ1v) is 11.6. The molecular weight excluding hydrogens is 416 g/mol. The molecule has 0 spiro atoms. The Morgan fingerprint density at radius 2 is 1.79 bits per heavy atom. The van der Waals surface area contributed by atoms with Crippen LogP contribution in [0.3, 0.4) is 0 Å². The van der Waals surface area contributed by atoms with Crippen molar-refractivity contribution in [2.75, 3.05) is 31.6 Å². The van der Waals surface area contributed by atoms with E-state index in [0.717, 1.165) is 23.6 Å². The van der Waals surface area contributed by atoms with E-state index >= 15 is 0 Å². The smallest absolute Gasteiger partial charge is 0.254 e. The fourth-order valence-electron chi connectivity index (χ4n) is 4.34. The van der Waals surface area contributed by atoms with Gasteiger partial charge in [-0.2, -0.15) is 0 Å². The van der Waals surface area contributed by atoms with E-state index in [9.17, 15) is 9.59 Å². The Bertz CT molecular complexity index is 1140. The Balaban J connectivity index is 1.50. The minimum Gasteiger partial charge on any atom is -0.494 e. The van der Waals surface area contributed by atoms with E-state index in [0.29, 0.717) is 49.1 Å². The fourth-order valence-corrected chi connectivity index (χ4v) is 4.34. The number of amides is 2. The van der Waals surface area contributed by atoms with Gasteiger partial charge in [-0.15, -0.1) is 0 Å². The molecule has 1 N–H and O–H groups in total. The highest BCUT2D eigenvalue weighted by Gasteiger charge is 2.30. The highest BCUT2D eigenvalue weighted by atomic mass is 16.5. The van der Waals surface area contributed by atoms with Gasteiger partial charge in [0.2, 0.25) is 5.91 Å². The van der Waals surface area contributed by atoms with Gasteiger partial charge in [0, 0.05) is 24.7 Å². The second kappa shape index (κ2) is 10.4. The predicted octanol–water partition coefficient (Wildman–Crippen LogP) is 5.13. The van der Waals surface area contributed by atoms with Crippen molar-refractivity contribution in [1.29, 1.82) is 0 Å². The van der Waals surface area contributed by atoms with Crippen LogP contribution < -0.4 is 14.8 Å². The second-order valence-electron chi connectivity index (χ2n) is 8.13. The lowest BCUT2D eigenvalue weighted by Gasteiger charge is -2.32. The molecule has 3 aromatic rings. The maximum absolute atomic E-state index is 13.4. The SMILES string of the molecule is CCOc1ccc(OCC)c(NC(=O)C2CCCN(C(=O)c3cccc4ccccc34)C2)c1. The molecule has 0 radical (unpaired) electrons. The number of carbonyl (C=O) groups excluding carboxylic acids is 2. The third kappa shape index (κ3) is 5.11. The Kier molecular flexibility index (Phi) is 7.13. The van der Waals surface area contributed by atoms with Crippen molar-refractivity contribution < 1.29 is 19.1 Å². The lowest BCUT2D eigenvalue weighted by Crippen LogP contribution is -2.43. The molecule has 1 aliphatic heterocycles. The summed E-state index contributed by atoms with van der Waals surface area (Å²) < 4.78 is 11.3. The van der Waals surface area contributed by atoms with Crippen molar-refractivity contribution in [2.45, 2.75) is 26.7 Å². The van der Waals surface area contributed by atoms with Gasteiger partial charge < -0.3 is 19.7 Å². The number of ether oxygens (including phenoxy) is 2. The molecule has 6 nitrogen and oxygen atoms in total. The number of carbonyl (C=O) groups is 2. The summed E-state index contributed by atoms with van der Waals surface area (Å²) in [5, 5.41) is 4.98. The molecule has 0 aliphatic carbocycles. The standard InChI is InChI=1S/C27H30N2O4/c1-3-32-21-14-15-25(33-4-2)24(17-21)28-26(30)20-11-8-16-29(18-20)27(31)23-13-7-10-19-9-5-6-12-22(19)23/h5-7,9-10,12-15,17,20H,3-4,8,11,16,18H2,1-2H3,(H,28,30). The summed E-state index contributed by atoms with van der Waals surface area (Å²) in [5.41, 5.74) is 1.27. The molecule has 172 valence electrons. The maximum Gasteiger partial charge on any atom is 0.254 e. The zero-order valence-electron chi connectivity index (χ0n) is 19.2. The second-order valence-corrected chi connectivity index (χ2v) is 8.13. The number of piperidine rings is 1. The zero-order valence-corrected chi connectivity index (χ0v) is 19.2. The Morgan fingerprint density at radius 3 is 2.61 bits per heavy atom. The summed E-state index contributed by atoms with van der Waals surface area (Å²) in [6.45, 7) is 5.89. The van der Waals surface area contributed by atoms with Gasteiger partial charge in [-0.25, -0.2) is 0 Å². The van der Waals surface area contributed by atoms with Crippen LogP contribution in [0.15, 0.2) is 60.7 Å². The number of nitrogens with zero attached hydrogens (tertiary/aromatic N) is 1. The molecule has 0 aromatic heterocycles. The van der Waals surface area contributed by atoms with Crippen LogP contribution in [-0.4, -0.2) is 43.0 Å². The largest absolute Gasteiger partial charge is 0.494 e. The van der Waals surface area contributed by atoms with Crippen LogP contribution in [0.1, 0.15) is 37.0 Å². The van der Waals surface area contributed by atoms with Gasteiger partial charge in [0.05, 0.1) is 24.8 Å². The first-order valence-electron chi connectivity index (χ1n) is 11.6. The van der Waals surface area contributed by atoms with E-state index in [-0.39, 0.29) is 17.7 Å². The summed E-state index contributed by atoms with van der Waals surface area (Å²) in [4.78, 5) is 28.3. The summed E-state index contributed by atoms with van der Waals surface area (Å²) in [7, 11) is 0. The molecule has 33 heavy (non-hydrogen) atoms. The Morgan fingerprint density at radius 1 is 1.00 bits per heavy atom. The number of hydrogen-bond acceptors (Lipinski definition) is 4. The van der Waals surface area contributed by atoms with E-state index in [1.54, 1.807) is 17.0 Å². The molecule has 6 heteroatoms. The molecule has 1 atom stereocenters. The van der Waals surface area contributed by atoms with Crippen molar-refractivity contribution in [3.8, 4) is 11.5 Å². The summed E-state index contributed by atoms with van der Waals surface area (Å²) in [6.07, 6.45) is 1.52. The van der Waals surface area contributed by atoms with Crippen LogP contribution in [0, 0.1) is 5.92 Å². The topological polar surface area (TPSA) is 67.9 Å². The van der Waals surface area contributed by atoms with Gasteiger partial charge in [0.1, 0.15) is 11.5 Å². The quantitative estimate of drug-likeness (QED) is 0.546. The maximum atomic E-state index is 13.4. The third-order valence-corrected chi connectivity index (χ3v) is 5.92. The van der Waals surface area contributed by atoms with Gasteiger partial charge in [0.15, 0.2) is 0 Å². The van der Waals surface area contributed by atoms with Crippen molar-refractivity contribution >= 4 is 28.3 Å². The molecule has 0 saturated carbocycles. The summed E-state index contributed by atoms with van der Waals surface area (Å²) in [6, 6.07) is 19.1. The van der Waals surface area contributed by atoms with Crippen molar-refractivity contribution in [2.24, 2.45) is 5.92 Å². The molecule has 4 rings (SSSR count). The van der Waals surface area contributed by atoms with E-state index in [2.05, 4.69) is 5.32 Å². The average Bonchev–Trinajstić information content (AvgIpc) is 2.85.